The predicted molar refractivity (Wildman–Crippen MR) is 139 cm³/mol. The van der Waals surface area contributed by atoms with Gasteiger partial charge in [-0.1, -0.05) is 6.07 Å². The van der Waals surface area contributed by atoms with E-state index in [9.17, 15) is 18.4 Å². The molecule has 0 aliphatic heterocycles. The number of hydrogen-bond donors (Lipinski definition) is 1. The third-order valence-electron chi connectivity index (χ3n) is 6.89. The number of carbonyl (C=O) groups excluding carboxylic acids is 2. The van der Waals surface area contributed by atoms with Crippen molar-refractivity contribution < 1.29 is 18.4 Å². The predicted octanol–water partition coefficient (Wildman–Crippen LogP) is 6.14. The molecule has 0 saturated heterocycles. The molecule has 1 aliphatic rings. The maximum Gasteiger partial charge on any atom is 0.259 e. The summed E-state index contributed by atoms with van der Waals surface area (Å²) < 4.78 is 29.9. The minimum atomic E-state index is -0.626. The third-order valence-corrected chi connectivity index (χ3v) is 6.89. The molecule has 7 nitrogen and oxygen atoms in total. The first-order chi connectivity index (χ1) is 18.2. The van der Waals surface area contributed by atoms with E-state index in [4.69, 9.17) is 0 Å². The van der Waals surface area contributed by atoms with Crippen molar-refractivity contribution in [3.05, 3.63) is 94.8 Å². The first-order valence-electron chi connectivity index (χ1n) is 12.5. The standard InChI is InChI=1S/C29H27F2N5O2/c1-16(2)36-15-32-35-28(36)25-5-4-6-27(33-25)34-29(38)23-14-21(17(3)11-24(23)31)22-12-19(22)13-26(37)18-7-9-20(30)10-8-18/h4-11,14-16,19,22H,12-13H2,1-3H3,(H,33,34,38). The largest absolute Gasteiger partial charge is 0.310 e. The van der Waals surface area contributed by atoms with Gasteiger partial charge in [0.1, 0.15) is 29.5 Å². The van der Waals surface area contributed by atoms with Crippen molar-refractivity contribution in [2.45, 2.75) is 45.6 Å². The van der Waals surface area contributed by atoms with Gasteiger partial charge in [-0.15, -0.1) is 10.2 Å². The van der Waals surface area contributed by atoms with Gasteiger partial charge in [0.05, 0.1) is 5.56 Å². The number of halogens is 2. The van der Waals surface area contributed by atoms with Crippen molar-refractivity contribution >= 4 is 17.5 Å². The van der Waals surface area contributed by atoms with Gasteiger partial charge in [-0.3, -0.25) is 9.59 Å². The second-order valence-corrected chi connectivity index (χ2v) is 9.94. The van der Waals surface area contributed by atoms with Crippen LogP contribution in [0.3, 0.4) is 0 Å². The molecular formula is C29H27F2N5O2. The maximum absolute atomic E-state index is 14.9. The van der Waals surface area contributed by atoms with Gasteiger partial charge >= 0.3 is 0 Å². The molecule has 0 bridgehead atoms. The molecule has 2 unspecified atom stereocenters. The van der Waals surface area contributed by atoms with Gasteiger partial charge in [0.25, 0.3) is 5.91 Å². The first kappa shape index (κ1) is 25.4. The van der Waals surface area contributed by atoms with Crippen LogP contribution in [0.1, 0.15) is 70.5 Å². The normalized spacial score (nSPS) is 16.5. The van der Waals surface area contributed by atoms with Crippen molar-refractivity contribution in [3.8, 4) is 11.5 Å². The Morgan fingerprint density at radius 3 is 2.61 bits per heavy atom. The summed E-state index contributed by atoms with van der Waals surface area (Å²) in [5.74, 6) is -0.720. The lowest BCUT2D eigenvalue weighted by Crippen LogP contribution is -2.16. The van der Waals surface area contributed by atoms with Crippen LogP contribution < -0.4 is 5.32 Å². The Morgan fingerprint density at radius 2 is 1.87 bits per heavy atom. The van der Waals surface area contributed by atoms with E-state index >= 15 is 0 Å². The number of aryl methyl sites for hydroxylation is 1. The number of ketones is 1. The molecule has 1 N–H and O–H groups in total. The van der Waals surface area contributed by atoms with Crippen LogP contribution in [0.5, 0.6) is 0 Å². The van der Waals surface area contributed by atoms with Crippen LogP contribution in [0, 0.1) is 24.5 Å². The first-order valence-corrected chi connectivity index (χ1v) is 12.5. The molecule has 2 atom stereocenters. The van der Waals surface area contributed by atoms with Crippen LogP contribution in [0.2, 0.25) is 0 Å². The highest BCUT2D eigenvalue weighted by Crippen LogP contribution is 2.51. The van der Waals surface area contributed by atoms with Crippen LogP contribution in [-0.2, 0) is 0 Å². The van der Waals surface area contributed by atoms with Gasteiger partial charge in [0, 0.05) is 18.0 Å². The van der Waals surface area contributed by atoms with E-state index in [0.717, 1.165) is 17.5 Å². The van der Waals surface area contributed by atoms with Crippen LogP contribution in [0.4, 0.5) is 14.6 Å². The van der Waals surface area contributed by atoms with Crippen LogP contribution in [0.15, 0.2) is 60.9 Å². The molecule has 4 aromatic rings. The number of pyridine rings is 1. The zero-order valence-electron chi connectivity index (χ0n) is 21.3. The zero-order valence-corrected chi connectivity index (χ0v) is 21.3. The second kappa shape index (κ2) is 10.2. The molecule has 0 radical (unpaired) electrons. The quantitative estimate of drug-likeness (QED) is 0.285. The molecule has 1 aliphatic carbocycles. The minimum Gasteiger partial charge on any atom is -0.310 e. The van der Waals surface area contributed by atoms with Crippen molar-refractivity contribution in [2.75, 3.05) is 5.32 Å². The Kier molecular flexibility index (Phi) is 6.84. The molecule has 2 aromatic carbocycles. The molecule has 5 rings (SSSR count). The fourth-order valence-electron chi connectivity index (χ4n) is 4.73. The van der Waals surface area contributed by atoms with Crippen LogP contribution in [0.25, 0.3) is 11.5 Å². The van der Waals surface area contributed by atoms with E-state index in [1.54, 1.807) is 37.5 Å². The highest BCUT2D eigenvalue weighted by Gasteiger charge is 2.41. The fourth-order valence-corrected chi connectivity index (χ4v) is 4.73. The SMILES string of the molecule is Cc1cc(F)c(C(=O)Nc2cccc(-c3nncn3C(C)C)n2)cc1C1CC1CC(=O)c1ccc(F)cc1. The number of hydrogen-bond acceptors (Lipinski definition) is 5. The van der Waals surface area contributed by atoms with E-state index in [2.05, 4.69) is 20.5 Å². The van der Waals surface area contributed by atoms with E-state index < -0.39 is 11.7 Å². The van der Waals surface area contributed by atoms with E-state index in [-0.39, 0.29) is 40.9 Å². The van der Waals surface area contributed by atoms with Crippen molar-refractivity contribution in [1.29, 1.82) is 0 Å². The van der Waals surface area contributed by atoms with Crippen LogP contribution >= 0.6 is 0 Å². The third kappa shape index (κ3) is 5.22. The summed E-state index contributed by atoms with van der Waals surface area (Å²) in [5, 5.41) is 10.8. The van der Waals surface area contributed by atoms with Crippen molar-refractivity contribution in [3.63, 3.8) is 0 Å². The number of rotatable bonds is 8. The summed E-state index contributed by atoms with van der Waals surface area (Å²) >= 11 is 0. The monoisotopic (exact) mass is 515 g/mol. The Morgan fingerprint density at radius 1 is 1.11 bits per heavy atom. The van der Waals surface area contributed by atoms with Gasteiger partial charge in [0.15, 0.2) is 11.6 Å². The smallest absolute Gasteiger partial charge is 0.259 e. The number of nitrogens with one attached hydrogen (secondary N) is 1. The average Bonchev–Trinajstić information content (AvgIpc) is 3.44. The molecular weight excluding hydrogens is 488 g/mol. The fraction of sp³-hybridized carbons (Fsp3) is 0.276. The topological polar surface area (TPSA) is 89.8 Å². The van der Waals surface area contributed by atoms with Crippen molar-refractivity contribution in [2.24, 2.45) is 5.92 Å². The number of aromatic nitrogens is 4. The summed E-state index contributed by atoms with van der Waals surface area (Å²) in [6.07, 6.45) is 2.70. The summed E-state index contributed by atoms with van der Waals surface area (Å²) in [7, 11) is 0. The molecule has 2 aromatic heterocycles. The number of amides is 1. The number of benzene rings is 2. The molecule has 1 fully saturated rings. The molecule has 1 saturated carbocycles. The maximum atomic E-state index is 14.9. The van der Waals surface area contributed by atoms with E-state index in [0.29, 0.717) is 23.5 Å². The number of carbonyl (C=O) groups is 2. The van der Waals surface area contributed by atoms with E-state index in [1.807, 2.05) is 18.4 Å². The molecule has 9 heteroatoms. The average molecular weight is 516 g/mol. The van der Waals surface area contributed by atoms with Gasteiger partial charge in [0.2, 0.25) is 0 Å². The van der Waals surface area contributed by atoms with Gasteiger partial charge in [-0.2, -0.15) is 0 Å². The lowest BCUT2D eigenvalue weighted by molar-refractivity contribution is 0.0973. The molecule has 0 spiro atoms. The van der Waals surface area contributed by atoms with Gasteiger partial charge in [-0.25, -0.2) is 13.8 Å². The highest BCUT2D eigenvalue weighted by atomic mass is 19.1. The highest BCUT2D eigenvalue weighted by molar-refractivity contribution is 6.04. The van der Waals surface area contributed by atoms with Gasteiger partial charge in [-0.05, 0) is 98.7 Å². The Hall–Kier alpha value is -4.27. The summed E-state index contributed by atoms with van der Waals surface area (Å²) in [5.41, 5.74) is 2.49. The van der Waals surface area contributed by atoms with E-state index in [1.165, 1.54) is 30.3 Å². The molecule has 1 amide bonds. The minimum absolute atomic E-state index is 0.0513. The molecule has 194 valence electrons. The Balaban J connectivity index is 1.31. The molecule has 38 heavy (non-hydrogen) atoms. The summed E-state index contributed by atoms with van der Waals surface area (Å²) in [6.45, 7) is 5.80. The lowest BCUT2D eigenvalue weighted by atomic mass is 9.97. The number of anilines is 1. The van der Waals surface area contributed by atoms with Crippen molar-refractivity contribution in [1.82, 2.24) is 19.7 Å². The number of nitrogens with zero attached hydrogens (tertiary/aromatic N) is 4. The summed E-state index contributed by atoms with van der Waals surface area (Å²) in [6, 6.07) is 13.7. The Labute approximate surface area is 218 Å². The van der Waals surface area contributed by atoms with Crippen LogP contribution in [-0.4, -0.2) is 31.4 Å². The summed E-state index contributed by atoms with van der Waals surface area (Å²) in [4.78, 5) is 30.2. The second-order valence-electron chi connectivity index (χ2n) is 9.94. The Bertz CT molecular complexity index is 1510. The lowest BCUT2D eigenvalue weighted by Gasteiger charge is -2.12. The molecule has 2 heterocycles. The number of Topliss-reactive ketones (excluding diaryl/α,β-unsaturated/α-hetero) is 1. The van der Waals surface area contributed by atoms with Gasteiger partial charge < -0.3 is 9.88 Å². The zero-order chi connectivity index (χ0) is 27.0.